The van der Waals surface area contributed by atoms with Crippen molar-refractivity contribution < 1.29 is 4.79 Å². The van der Waals surface area contributed by atoms with Crippen molar-refractivity contribution in [3.05, 3.63) is 11.1 Å². The number of nitrogens with zero attached hydrogens (tertiary/aromatic N) is 3. The second-order valence-corrected chi connectivity index (χ2v) is 4.53. The van der Waals surface area contributed by atoms with Crippen molar-refractivity contribution in [1.29, 1.82) is 0 Å². The Morgan fingerprint density at radius 3 is 2.93 bits per heavy atom. The smallest absolute Gasteiger partial charge is 0.266 e. The normalized spacial score (nSPS) is 12.1. The van der Waals surface area contributed by atoms with Gasteiger partial charge in [-0.2, -0.15) is 0 Å². The summed E-state index contributed by atoms with van der Waals surface area (Å²) in [4.78, 5) is 14.2. The van der Waals surface area contributed by atoms with Crippen LogP contribution in [0.15, 0.2) is 6.20 Å². The van der Waals surface area contributed by atoms with Gasteiger partial charge in [0.05, 0.1) is 11.2 Å². The van der Waals surface area contributed by atoms with Crippen molar-refractivity contribution in [2.75, 3.05) is 13.6 Å². The molecule has 1 aromatic rings. The molecule has 0 bridgehead atoms. The lowest BCUT2D eigenvalue weighted by atomic mass is 10.2. The number of carbonyl (C=O) groups excluding carboxylic acids is 1. The van der Waals surface area contributed by atoms with E-state index in [1.807, 2.05) is 6.92 Å². The predicted octanol–water partition coefficient (Wildman–Crippen LogP) is 0.532. The van der Waals surface area contributed by atoms with Crippen LogP contribution in [-0.2, 0) is 0 Å². The van der Waals surface area contributed by atoms with E-state index >= 15 is 0 Å². The van der Waals surface area contributed by atoms with Gasteiger partial charge in [-0.1, -0.05) is 23.6 Å². The lowest BCUT2D eigenvalue weighted by Gasteiger charge is -2.19. The van der Waals surface area contributed by atoms with Gasteiger partial charge in [-0.3, -0.25) is 4.79 Å². The van der Waals surface area contributed by atoms with Crippen LogP contribution in [0.25, 0.3) is 0 Å². The number of thiocarbonyl (C=S) groups is 1. The van der Waals surface area contributed by atoms with Gasteiger partial charge in [0.1, 0.15) is 4.88 Å². The summed E-state index contributed by atoms with van der Waals surface area (Å²) >= 11 is 5.92. The molecule has 82 valence electrons. The molecule has 1 unspecified atom stereocenters. The van der Waals surface area contributed by atoms with Gasteiger partial charge in [0.25, 0.3) is 5.91 Å². The van der Waals surface area contributed by atoms with Crippen LogP contribution in [-0.4, -0.2) is 39.0 Å². The average Bonchev–Trinajstić information content (AvgIpc) is 2.68. The number of hydrogen-bond acceptors (Lipinski definition) is 5. The van der Waals surface area contributed by atoms with Crippen LogP contribution in [0.1, 0.15) is 16.6 Å². The zero-order chi connectivity index (χ0) is 11.4. The van der Waals surface area contributed by atoms with Gasteiger partial charge in [0.15, 0.2) is 0 Å². The Balaban J connectivity index is 2.58. The minimum absolute atomic E-state index is 0.00910. The molecule has 0 aliphatic heterocycles. The lowest BCUT2D eigenvalue weighted by Crippen LogP contribution is -2.35. The van der Waals surface area contributed by atoms with E-state index in [-0.39, 0.29) is 11.8 Å². The van der Waals surface area contributed by atoms with Crippen molar-refractivity contribution in [2.24, 2.45) is 11.7 Å². The largest absolute Gasteiger partial charge is 0.393 e. The summed E-state index contributed by atoms with van der Waals surface area (Å²) in [6.07, 6.45) is 1.45. The summed E-state index contributed by atoms with van der Waals surface area (Å²) in [5.41, 5.74) is 5.47. The fraction of sp³-hybridized carbons (Fsp3) is 0.500. The van der Waals surface area contributed by atoms with Gasteiger partial charge in [-0.15, -0.1) is 5.10 Å². The van der Waals surface area contributed by atoms with Gasteiger partial charge in [-0.25, -0.2) is 0 Å². The van der Waals surface area contributed by atoms with Crippen molar-refractivity contribution in [1.82, 2.24) is 14.5 Å². The van der Waals surface area contributed by atoms with Crippen molar-refractivity contribution in [3.8, 4) is 0 Å². The first-order valence-electron chi connectivity index (χ1n) is 4.34. The third-order valence-corrected chi connectivity index (χ3v) is 3.01. The SMILES string of the molecule is CC(CN(C)C(=O)c1cnns1)C(N)=S. The Kier molecular flexibility index (Phi) is 4.10. The van der Waals surface area contributed by atoms with Gasteiger partial charge in [0, 0.05) is 19.5 Å². The molecule has 1 aromatic heterocycles. The number of amides is 1. The van der Waals surface area contributed by atoms with Crippen LogP contribution in [0.5, 0.6) is 0 Å². The van der Waals surface area contributed by atoms with E-state index in [1.165, 1.54) is 6.20 Å². The van der Waals surface area contributed by atoms with Crippen LogP contribution in [0, 0.1) is 5.92 Å². The number of aromatic nitrogens is 2. The van der Waals surface area contributed by atoms with Crippen LogP contribution in [0.2, 0.25) is 0 Å². The summed E-state index contributed by atoms with van der Waals surface area (Å²) in [5, 5.41) is 3.61. The maximum atomic E-state index is 11.7. The Morgan fingerprint density at radius 2 is 2.47 bits per heavy atom. The molecule has 1 amide bonds. The van der Waals surface area contributed by atoms with Crippen molar-refractivity contribution in [3.63, 3.8) is 0 Å². The molecule has 1 rings (SSSR count). The molecule has 0 fully saturated rings. The molecule has 0 saturated heterocycles. The molecule has 0 saturated carbocycles. The van der Waals surface area contributed by atoms with E-state index in [2.05, 4.69) is 9.59 Å². The second kappa shape index (κ2) is 5.13. The average molecular weight is 244 g/mol. The fourth-order valence-corrected chi connectivity index (χ4v) is 1.62. The quantitative estimate of drug-likeness (QED) is 0.782. The molecule has 0 spiro atoms. The molecule has 2 N–H and O–H groups in total. The standard InChI is InChI=1S/C8H12N4OS2/c1-5(7(9)14)4-12(2)8(13)6-3-10-11-15-6/h3,5H,4H2,1-2H3,(H2,9,14). The molecule has 1 heterocycles. The second-order valence-electron chi connectivity index (χ2n) is 3.27. The number of carbonyl (C=O) groups is 1. The Bertz CT molecular complexity index is 352. The highest BCUT2D eigenvalue weighted by atomic mass is 32.1. The number of rotatable bonds is 4. The fourth-order valence-electron chi connectivity index (χ4n) is 1.03. The van der Waals surface area contributed by atoms with E-state index in [9.17, 15) is 4.79 Å². The van der Waals surface area contributed by atoms with Crippen molar-refractivity contribution >= 4 is 34.6 Å². The molecule has 0 aliphatic carbocycles. The zero-order valence-electron chi connectivity index (χ0n) is 8.51. The zero-order valence-corrected chi connectivity index (χ0v) is 10.1. The van der Waals surface area contributed by atoms with E-state index in [0.717, 1.165) is 11.5 Å². The minimum atomic E-state index is -0.104. The Hall–Kier alpha value is -1.08. The highest BCUT2D eigenvalue weighted by Crippen LogP contribution is 2.08. The summed E-state index contributed by atoms with van der Waals surface area (Å²) in [6.45, 7) is 2.39. The maximum absolute atomic E-state index is 11.7. The number of hydrogen-bond donors (Lipinski definition) is 1. The van der Waals surface area contributed by atoms with E-state index in [0.29, 0.717) is 16.4 Å². The first-order valence-corrected chi connectivity index (χ1v) is 5.52. The summed E-state index contributed by atoms with van der Waals surface area (Å²) in [7, 11) is 1.71. The molecular weight excluding hydrogens is 232 g/mol. The van der Waals surface area contributed by atoms with Crippen LogP contribution >= 0.6 is 23.8 Å². The van der Waals surface area contributed by atoms with Crippen LogP contribution in [0.4, 0.5) is 0 Å². The van der Waals surface area contributed by atoms with Gasteiger partial charge < -0.3 is 10.6 Å². The number of nitrogens with two attached hydrogens (primary N) is 1. The van der Waals surface area contributed by atoms with E-state index in [1.54, 1.807) is 11.9 Å². The molecule has 0 aromatic carbocycles. The molecule has 5 nitrogen and oxygen atoms in total. The van der Waals surface area contributed by atoms with E-state index in [4.69, 9.17) is 18.0 Å². The topological polar surface area (TPSA) is 72.1 Å². The highest BCUT2D eigenvalue weighted by molar-refractivity contribution is 7.80. The first kappa shape index (κ1) is 12.0. The third kappa shape index (κ3) is 3.21. The van der Waals surface area contributed by atoms with E-state index < -0.39 is 0 Å². The maximum Gasteiger partial charge on any atom is 0.266 e. The monoisotopic (exact) mass is 244 g/mol. The lowest BCUT2D eigenvalue weighted by molar-refractivity contribution is 0.0791. The molecule has 7 heteroatoms. The third-order valence-electron chi connectivity index (χ3n) is 1.95. The molecule has 15 heavy (non-hydrogen) atoms. The predicted molar refractivity (Wildman–Crippen MR) is 62.8 cm³/mol. The van der Waals surface area contributed by atoms with Crippen LogP contribution < -0.4 is 5.73 Å². The minimum Gasteiger partial charge on any atom is -0.393 e. The highest BCUT2D eigenvalue weighted by Gasteiger charge is 2.17. The summed E-state index contributed by atoms with van der Waals surface area (Å²) in [6, 6.07) is 0. The van der Waals surface area contributed by atoms with Gasteiger partial charge >= 0.3 is 0 Å². The summed E-state index contributed by atoms with van der Waals surface area (Å²) < 4.78 is 3.63. The first-order chi connectivity index (χ1) is 7.02. The van der Waals surface area contributed by atoms with Gasteiger partial charge in [-0.05, 0) is 11.5 Å². The molecular formula is C8H12N4OS2. The molecule has 0 aliphatic rings. The van der Waals surface area contributed by atoms with Gasteiger partial charge in [0.2, 0.25) is 0 Å². The molecule has 1 atom stereocenters. The Labute approximate surface area is 97.4 Å². The summed E-state index contributed by atoms with van der Waals surface area (Å²) in [5.74, 6) is -0.0945. The molecule has 0 radical (unpaired) electrons. The van der Waals surface area contributed by atoms with Crippen LogP contribution in [0.3, 0.4) is 0 Å². The van der Waals surface area contributed by atoms with Crippen molar-refractivity contribution in [2.45, 2.75) is 6.92 Å². The Morgan fingerprint density at radius 1 is 1.80 bits per heavy atom.